The monoisotopic (exact) mass is 261 g/mol. The average Bonchev–Trinajstić information content (AvgIpc) is 2.82. The molecule has 0 spiro atoms. The second kappa shape index (κ2) is 7.28. The lowest BCUT2D eigenvalue weighted by molar-refractivity contribution is 0.197. The number of benzene rings is 1. The highest BCUT2D eigenvalue weighted by Crippen LogP contribution is 2.18. The van der Waals surface area contributed by atoms with Crippen molar-refractivity contribution in [1.29, 1.82) is 0 Å². The Balaban J connectivity index is 1.80. The van der Waals surface area contributed by atoms with Crippen LogP contribution in [-0.4, -0.2) is 50.3 Å². The zero-order chi connectivity index (χ0) is 13.5. The number of nitrogens with one attached hydrogen (secondary N) is 2. The van der Waals surface area contributed by atoms with Crippen LogP contribution in [0, 0.1) is 0 Å². The first kappa shape index (κ1) is 14.1. The summed E-state index contributed by atoms with van der Waals surface area (Å²) in [5, 5.41) is 4.68. The molecule has 2 rings (SSSR count). The van der Waals surface area contributed by atoms with Gasteiger partial charge < -0.3 is 19.9 Å². The normalized spacial score (nSPS) is 11.5. The molecule has 1 aromatic carbocycles. The molecule has 4 heteroatoms. The number of hydrogen-bond donors (Lipinski definition) is 2. The molecule has 0 aliphatic carbocycles. The van der Waals surface area contributed by atoms with Crippen LogP contribution in [0.15, 0.2) is 30.5 Å². The molecule has 0 aliphatic heterocycles. The maximum atomic E-state index is 5.00. The molecule has 4 nitrogen and oxygen atoms in total. The van der Waals surface area contributed by atoms with E-state index >= 15 is 0 Å². The van der Waals surface area contributed by atoms with Crippen molar-refractivity contribution in [3.63, 3.8) is 0 Å². The molecule has 0 bridgehead atoms. The maximum Gasteiger partial charge on any atom is 0.0587 e. The summed E-state index contributed by atoms with van der Waals surface area (Å²) in [5.41, 5.74) is 2.57. The third-order valence-corrected chi connectivity index (χ3v) is 3.27. The first-order valence-electron chi connectivity index (χ1n) is 6.74. The zero-order valence-electron chi connectivity index (χ0n) is 11.8. The van der Waals surface area contributed by atoms with E-state index in [-0.39, 0.29) is 0 Å². The van der Waals surface area contributed by atoms with Crippen LogP contribution in [0.4, 0.5) is 0 Å². The van der Waals surface area contributed by atoms with E-state index in [1.54, 1.807) is 7.11 Å². The van der Waals surface area contributed by atoms with Gasteiger partial charge in [-0.2, -0.15) is 0 Å². The van der Waals surface area contributed by atoms with Crippen molar-refractivity contribution >= 4 is 10.9 Å². The highest BCUT2D eigenvalue weighted by molar-refractivity contribution is 5.82. The Bertz CT molecular complexity index is 495. The smallest absolute Gasteiger partial charge is 0.0587 e. The van der Waals surface area contributed by atoms with Crippen LogP contribution in [0.5, 0.6) is 0 Å². The van der Waals surface area contributed by atoms with Crippen LogP contribution < -0.4 is 5.32 Å². The van der Waals surface area contributed by atoms with Gasteiger partial charge in [0.1, 0.15) is 0 Å². The van der Waals surface area contributed by atoms with Gasteiger partial charge in [-0.15, -0.1) is 0 Å². The molecule has 0 fully saturated rings. The molecule has 104 valence electrons. The minimum absolute atomic E-state index is 0.770. The minimum Gasteiger partial charge on any atom is -0.383 e. The summed E-state index contributed by atoms with van der Waals surface area (Å²) < 4.78 is 5.00. The molecular formula is C15H23N3O. The Morgan fingerprint density at radius 1 is 1.26 bits per heavy atom. The zero-order valence-corrected chi connectivity index (χ0v) is 11.8. The third kappa shape index (κ3) is 4.06. The van der Waals surface area contributed by atoms with E-state index in [4.69, 9.17) is 4.74 Å². The fourth-order valence-corrected chi connectivity index (χ4v) is 2.20. The number of methoxy groups -OCH3 is 1. The van der Waals surface area contributed by atoms with Gasteiger partial charge >= 0.3 is 0 Å². The molecule has 1 aromatic heterocycles. The summed E-state index contributed by atoms with van der Waals surface area (Å²) in [6, 6.07) is 8.44. The summed E-state index contributed by atoms with van der Waals surface area (Å²) in [5.74, 6) is 0. The lowest BCUT2D eigenvalue weighted by atomic mass is 10.1. The Morgan fingerprint density at radius 2 is 2.11 bits per heavy atom. The molecule has 0 unspecified atom stereocenters. The topological polar surface area (TPSA) is 40.3 Å². The van der Waals surface area contributed by atoms with Gasteiger partial charge in [-0.3, -0.25) is 0 Å². The SMILES string of the molecule is COCCNCCN(C)Cc1c[nH]c2ccccc12. The largest absolute Gasteiger partial charge is 0.383 e. The quantitative estimate of drug-likeness (QED) is 0.712. The van der Waals surface area contributed by atoms with Crippen molar-refractivity contribution in [3.8, 4) is 0 Å². The fourth-order valence-electron chi connectivity index (χ4n) is 2.20. The van der Waals surface area contributed by atoms with Gasteiger partial charge in [0.15, 0.2) is 0 Å². The first-order chi connectivity index (χ1) is 9.31. The van der Waals surface area contributed by atoms with Gasteiger partial charge in [-0.25, -0.2) is 0 Å². The van der Waals surface area contributed by atoms with Crippen LogP contribution >= 0.6 is 0 Å². The number of para-hydroxylation sites is 1. The summed E-state index contributed by atoms with van der Waals surface area (Å²) >= 11 is 0. The molecule has 0 amide bonds. The molecule has 0 saturated carbocycles. The minimum atomic E-state index is 0.770. The predicted molar refractivity (Wildman–Crippen MR) is 79.4 cm³/mol. The van der Waals surface area contributed by atoms with Crippen molar-refractivity contribution in [2.75, 3.05) is 40.4 Å². The molecule has 2 aromatic rings. The fraction of sp³-hybridized carbons (Fsp3) is 0.467. The molecular weight excluding hydrogens is 238 g/mol. The Kier molecular flexibility index (Phi) is 5.39. The van der Waals surface area contributed by atoms with Gasteiger partial charge in [0.2, 0.25) is 0 Å². The number of aromatic amines is 1. The van der Waals surface area contributed by atoms with Crippen molar-refractivity contribution in [2.24, 2.45) is 0 Å². The maximum absolute atomic E-state index is 5.00. The van der Waals surface area contributed by atoms with Gasteiger partial charge in [-0.1, -0.05) is 18.2 Å². The lowest BCUT2D eigenvalue weighted by Crippen LogP contribution is -2.30. The van der Waals surface area contributed by atoms with Crippen molar-refractivity contribution < 1.29 is 4.74 Å². The van der Waals surface area contributed by atoms with Crippen LogP contribution in [0.25, 0.3) is 10.9 Å². The van der Waals surface area contributed by atoms with Gasteiger partial charge in [-0.05, 0) is 18.7 Å². The van der Waals surface area contributed by atoms with Crippen LogP contribution in [0.2, 0.25) is 0 Å². The summed E-state index contributed by atoms with van der Waals surface area (Å²) in [4.78, 5) is 5.65. The van der Waals surface area contributed by atoms with Gasteiger partial charge in [0.05, 0.1) is 6.61 Å². The van der Waals surface area contributed by atoms with Crippen LogP contribution in [-0.2, 0) is 11.3 Å². The average molecular weight is 261 g/mol. The number of hydrogen-bond acceptors (Lipinski definition) is 3. The number of H-pyrrole nitrogens is 1. The predicted octanol–water partition coefficient (Wildman–Crippen LogP) is 1.84. The van der Waals surface area contributed by atoms with E-state index in [1.165, 1.54) is 16.5 Å². The lowest BCUT2D eigenvalue weighted by Gasteiger charge is -2.16. The molecule has 1 heterocycles. The van der Waals surface area contributed by atoms with E-state index < -0.39 is 0 Å². The first-order valence-corrected chi connectivity index (χ1v) is 6.74. The number of ether oxygens (including phenoxy) is 1. The molecule has 0 aliphatic rings. The molecule has 2 N–H and O–H groups in total. The van der Waals surface area contributed by atoms with Crippen LogP contribution in [0.1, 0.15) is 5.56 Å². The van der Waals surface area contributed by atoms with E-state index in [9.17, 15) is 0 Å². The summed E-state index contributed by atoms with van der Waals surface area (Å²) in [6.07, 6.45) is 2.11. The standard InChI is InChI=1S/C15H23N3O/c1-18(9-7-16-8-10-19-2)12-13-11-17-15-6-4-3-5-14(13)15/h3-6,11,16-17H,7-10,12H2,1-2H3. The Labute approximate surface area is 114 Å². The van der Waals surface area contributed by atoms with E-state index in [1.807, 2.05) is 0 Å². The van der Waals surface area contributed by atoms with E-state index in [0.717, 1.165) is 32.8 Å². The summed E-state index contributed by atoms with van der Waals surface area (Å²) in [6.45, 7) is 4.67. The van der Waals surface area contributed by atoms with Gasteiger partial charge in [0.25, 0.3) is 0 Å². The van der Waals surface area contributed by atoms with E-state index in [2.05, 4.69) is 52.7 Å². The number of fused-ring (bicyclic) bond motifs is 1. The second-order valence-electron chi connectivity index (χ2n) is 4.84. The second-order valence-corrected chi connectivity index (χ2v) is 4.84. The highest BCUT2D eigenvalue weighted by atomic mass is 16.5. The summed E-state index contributed by atoms with van der Waals surface area (Å²) in [7, 11) is 3.88. The molecule has 0 saturated heterocycles. The number of aromatic nitrogens is 1. The van der Waals surface area contributed by atoms with Crippen molar-refractivity contribution in [1.82, 2.24) is 15.2 Å². The number of nitrogens with zero attached hydrogens (tertiary/aromatic N) is 1. The molecule has 0 radical (unpaired) electrons. The Hall–Kier alpha value is -1.36. The van der Waals surface area contributed by atoms with Crippen LogP contribution in [0.3, 0.4) is 0 Å². The van der Waals surface area contributed by atoms with Gasteiger partial charge in [0, 0.05) is 50.4 Å². The molecule has 19 heavy (non-hydrogen) atoms. The third-order valence-electron chi connectivity index (χ3n) is 3.27. The van der Waals surface area contributed by atoms with E-state index in [0.29, 0.717) is 0 Å². The number of rotatable bonds is 8. The highest BCUT2D eigenvalue weighted by Gasteiger charge is 2.05. The van der Waals surface area contributed by atoms with Crippen molar-refractivity contribution in [2.45, 2.75) is 6.54 Å². The number of likely N-dealkylation sites (N-methyl/N-ethyl adjacent to an activating group) is 1. The molecule has 0 atom stereocenters. The van der Waals surface area contributed by atoms with Crippen molar-refractivity contribution in [3.05, 3.63) is 36.0 Å². The Morgan fingerprint density at radius 3 is 2.95 bits per heavy atom.